The molecule has 4 N–H and O–H groups in total. The van der Waals surface area contributed by atoms with Crippen molar-refractivity contribution in [2.45, 2.75) is 56.9 Å². The lowest BCUT2D eigenvalue weighted by molar-refractivity contribution is -0.139. The predicted molar refractivity (Wildman–Crippen MR) is 92.1 cm³/mol. The molecule has 7 nitrogen and oxygen atoms in total. The van der Waals surface area contributed by atoms with E-state index in [0.29, 0.717) is 19.4 Å². The van der Waals surface area contributed by atoms with Crippen molar-refractivity contribution in [3.8, 4) is 0 Å². The Kier molecular flexibility index (Phi) is 5.03. The van der Waals surface area contributed by atoms with Crippen LogP contribution in [-0.2, 0) is 20.9 Å². The maximum absolute atomic E-state index is 12.6. The molecule has 2 aliphatic rings. The molecule has 3 amide bonds. The lowest BCUT2D eigenvalue weighted by atomic mass is 10.1. The van der Waals surface area contributed by atoms with E-state index in [1.807, 2.05) is 30.3 Å². The van der Waals surface area contributed by atoms with Crippen LogP contribution in [0.3, 0.4) is 0 Å². The summed E-state index contributed by atoms with van der Waals surface area (Å²) in [4.78, 5) is 38.6. The lowest BCUT2D eigenvalue weighted by Gasteiger charge is -2.24. The molecule has 0 unspecified atom stereocenters. The summed E-state index contributed by atoms with van der Waals surface area (Å²) >= 11 is 0. The highest BCUT2D eigenvalue weighted by atomic mass is 16.2. The zero-order chi connectivity index (χ0) is 18.0. The number of nitrogens with zero attached hydrogens (tertiary/aromatic N) is 1. The van der Waals surface area contributed by atoms with Crippen molar-refractivity contribution in [2.24, 2.45) is 5.73 Å². The molecule has 2 heterocycles. The lowest BCUT2D eigenvalue weighted by Crippen LogP contribution is -2.50. The second kappa shape index (κ2) is 7.23. The van der Waals surface area contributed by atoms with Crippen LogP contribution < -0.4 is 16.4 Å². The van der Waals surface area contributed by atoms with Gasteiger partial charge in [-0.3, -0.25) is 14.4 Å². The number of fused-ring (bicyclic) bond motifs is 1. The van der Waals surface area contributed by atoms with Gasteiger partial charge in [0.2, 0.25) is 17.7 Å². The molecule has 1 aromatic rings. The maximum Gasteiger partial charge on any atom is 0.246 e. The Balaban J connectivity index is 1.60. The molecule has 25 heavy (non-hydrogen) atoms. The summed E-state index contributed by atoms with van der Waals surface area (Å²) in [5, 5.41) is 5.59. The van der Waals surface area contributed by atoms with E-state index < -0.39 is 18.1 Å². The second-order valence-electron chi connectivity index (χ2n) is 6.78. The van der Waals surface area contributed by atoms with Gasteiger partial charge in [0, 0.05) is 12.6 Å². The number of amides is 3. The van der Waals surface area contributed by atoms with E-state index in [2.05, 4.69) is 10.6 Å². The molecular formula is C18H24N4O3. The fourth-order valence-electron chi connectivity index (χ4n) is 3.58. The van der Waals surface area contributed by atoms with Gasteiger partial charge in [-0.2, -0.15) is 0 Å². The largest absolute Gasteiger partial charge is 0.350 e. The van der Waals surface area contributed by atoms with Crippen LogP contribution in [0.15, 0.2) is 30.3 Å². The van der Waals surface area contributed by atoms with Crippen LogP contribution >= 0.6 is 0 Å². The summed E-state index contributed by atoms with van der Waals surface area (Å²) in [5.74, 6) is -0.667. The van der Waals surface area contributed by atoms with Gasteiger partial charge in [0.15, 0.2) is 0 Å². The number of benzene rings is 1. The molecule has 2 saturated heterocycles. The summed E-state index contributed by atoms with van der Waals surface area (Å²) in [7, 11) is 0. The standard InChI is InChI=1S/C18H24N4O3/c1-11(19)16(23)21-14-9-13-7-8-15(22(13)18(14)25)17(24)20-10-12-5-3-2-4-6-12/h2-6,11,13-15H,7-10,19H2,1H3,(H,20,24)(H,21,23)/t11-,13+,14-,15-/m0/s1. The maximum atomic E-state index is 12.6. The molecule has 4 atom stereocenters. The SMILES string of the molecule is C[C@H](N)C(=O)N[C@H]1C[C@H]2CC[C@@H](C(=O)NCc3ccccc3)N2C1=O. The van der Waals surface area contributed by atoms with Gasteiger partial charge in [0.05, 0.1) is 6.04 Å². The third kappa shape index (κ3) is 3.66. The monoisotopic (exact) mass is 344 g/mol. The van der Waals surface area contributed by atoms with Crippen LogP contribution in [-0.4, -0.2) is 46.8 Å². The van der Waals surface area contributed by atoms with Crippen molar-refractivity contribution in [1.29, 1.82) is 0 Å². The molecule has 0 saturated carbocycles. The minimum absolute atomic E-state index is 0.0124. The molecule has 0 aliphatic carbocycles. The van der Waals surface area contributed by atoms with E-state index in [1.165, 1.54) is 0 Å². The molecule has 0 spiro atoms. The number of hydrogen-bond donors (Lipinski definition) is 3. The topological polar surface area (TPSA) is 105 Å². The van der Waals surface area contributed by atoms with Crippen molar-refractivity contribution in [1.82, 2.24) is 15.5 Å². The Hall–Kier alpha value is -2.41. The van der Waals surface area contributed by atoms with E-state index in [4.69, 9.17) is 5.73 Å². The third-order valence-corrected chi connectivity index (χ3v) is 4.91. The molecule has 2 aliphatic heterocycles. The van der Waals surface area contributed by atoms with Crippen LogP contribution in [0.2, 0.25) is 0 Å². The van der Waals surface area contributed by atoms with E-state index in [0.717, 1.165) is 12.0 Å². The van der Waals surface area contributed by atoms with Crippen LogP contribution in [0.5, 0.6) is 0 Å². The van der Waals surface area contributed by atoms with Gasteiger partial charge in [-0.1, -0.05) is 30.3 Å². The van der Waals surface area contributed by atoms with E-state index >= 15 is 0 Å². The number of rotatable bonds is 5. The molecule has 134 valence electrons. The van der Waals surface area contributed by atoms with E-state index in [1.54, 1.807) is 11.8 Å². The zero-order valence-electron chi connectivity index (χ0n) is 14.3. The van der Waals surface area contributed by atoms with Gasteiger partial charge in [-0.05, 0) is 31.7 Å². The number of carbonyl (C=O) groups is 3. The van der Waals surface area contributed by atoms with Crippen molar-refractivity contribution in [3.63, 3.8) is 0 Å². The Morgan fingerprint density at radius 2 is 2.00 bits per heavy atom. The Labute approximate surface area is 146 Å². The first-order chi connectivity index (χ1) is 12.0. The summed E-state index contributed by atoms with van der Waals surface area (Å²) in [6.45, 7) is 2.02. The highest BCUT2D eigenvalue weighted by Gasteiger charge is 2.49. The highest BCUT2D eigenvalue weighted by molar-refractivity contribution is 5.95. The Bertz CT molecular complexity index is 662. The van der Waals surface area contributed by atoms with Crippen molar-refractivity contribution < 1.29 is 14.4 Å². The molecular weight excluding hydrogens is 320 g/mol. The average Bonchev–Trinajstić information content (AvgIpc) is 3.14. The minimum atomic E-state index is -0.659. The first-order valence-corrected chi connectivity index (χ1v) is 8.67. The molecule has 0 radical (unpaired) electrons. The number of carbonyl (C=O) groups excluding carboxylic acids is 3. The quantitative estimate of drug-likeness (QED) is 0.694. The van der Waals surface area contributed by atoms with E-state index in [9.17, 15) is 14.4 Å². The fraction of sp³-hybridized carbons (Fsp3) is 0.500. The highest BCUT2D eigenvalue weighted by Crippen LogP contribution is 2.33. The summed E-state index contributed by atoms with van der Waals surface area (Å²) < 4.78 is 0. The van der Waals surface area contributed by atoms with Crippen LogP contribution in [0.1, 0.15) is 31.7 Å². The molecule has 7 heteroatoms. The van der Waals surface area contributed by atoms with Crippen molar-refractivity contribution in [3.05, 3.63) is 35.9 Å². The first kappa shape index (κ1) is 17.4. The smallest absolute Gasteiger partial charge is 0.246 e. The van der Waals surface area contributed by atoms with Crippen LogP contribution in [0.4, 0.5) is 0 Å². The summed E-state index contributed by atoms with van der Waals surface area (Å²) in [5.41, 5.74) is 6.56. The molecule has 0 bridgehead atoms. The molecule has 1 aromatic carbocycles. The van der Waals surface area contributed by atoms with Crippen molar-refractivity contribution >= 4 is 17.7 Å². The molecule has 3 rings (SSSR count). The minimum Gasteiger partial charge on any atom is -0.350 e. The predicted octanol–water partition coefficient (Wildman–Crippen LogP) is -0.102. The summed E-state index contributed by atoms with van der Waals surface area (Å²) in [6, 6.07) is 7.97. The van der Waals surface area contributed by atoms with Crippen molar-refractivity contribution in [2.75, 3.05) is 0 Å². The molecule has 2 fully saturated rings. The molecule has 0 aromatic heterocycles. The fourth-order valence-corrected chi connectivity index (χ4v) is 3.58. The average molecular weight is 344 g/mol. The van der Waals surface area contributed by atoms with Gasteiger partial charge in [0.1, 0.15) is 12.1 Å². The first-order valence-electron chi connectivity index (χ1n) is 8.67. The van der Waals surface area contributed by atoms with Gasteiger partial charge < -0.3 is 21.3 Å². The Morgan fingerprint density at radius 1 is 1.28 bits per heavy atom. The normalized spacial score (nSPS) is 26.2. The number of nitrogens with two attached hydrogens (primary N) is 1. The Morgan fingerprint density at radius 3 is 2.68 bits per heavy atom. The van der Waals surface area contributed by atoms with Crippen LogP contribution in [0.25, 0.3) is 0 Å². The van der Waals surface area contributed by atoms with Gasteiger partial charge in [0.25, 0.3) is 0 Å². The van der Waals surface area contributed by atoms with E-state index in [-0.39, 0.29) is 23.8 Å². The van der Waals surface area contributed by atoms with Gasteiger partial charge in [-0.15, -0.1) is 0 Å². The van der Waals surface area contributed by atoms with Gasteiger partial charge in [-0.25, -0.2) is 0 Å². The number of hydrogen-bond acceptors (Lipinski definition) is 4. The summed E-state index contributed by atoms with van der Waals surface area (Å²) in [6.07, 6.45) is 1.98. The second-order valence-corrected chi connectivity index (χ2v) is 6.78. The van der Waals surface area contributed by atoms with Crippen LogP contribution in [0, 0.1) is 0 Å². The zero-order valence-corrected chi connectivity index (χ0v) is 14.3. The number of nitrogens with one attached hydrogen (secondary N) is 2. The van der Waals surface area contributed by atoms with Gasteiger partial charge >= 0.3 is 0 Å². The third-order valence-electron chi connectivity index (χ3n) is 4.91.